The first-order valence-corrected chi connectivity index (χ1v) is 14.0. The van der Waals surface area contributed by atoms with E-state index >= 15 is 0 Å². The number of phenols is 1. The predicted molar refractivity (Wildman–Crippen MR) is 146 cm³/mol. The number of likely N-dealkylation sites (tertiary alicyclic amines) is 1. The van der Waals surface area contributed by atoms with E-state index in [4.69, 9.17) is 4.74 Å². The van der Waals surface area contributed by atoms with Crippen LogP contribution in [0.25, 0.3) is 6.08 Å². The van der Waals surface area contributed by atoms with Crippen LogP contribution in [0.15, 0.2) is 28.9 Å². The number of aliphatic hydroxyl groups is 2. The number of ether oxygens (including phenoxy) is 1. The van der Waals surface area contributed by atoms with Crippen LogP contribution >= 0.6 is 0 Å². The molecule has 0 aromatic heterocycles. The number of aliphatic hydroxyl groups excluding tert-OH is 2. The molecule has 0 unspecified atom stereocenters. The van der Waals surface area contributed by atoms with Gasteiger partial charge in [-0.1, -0.05) is 30.9 Å². The fourth-order valence-electron chi connectivity index (χ4n) is 6.94. The minimum absolute atomic E-state index is 0.0482. The SMILES string of the molecule is COCC1=C([C@H](O)CC/C(C)=C/c2cc(C)c(O)c(C)c2)[C@H](CO)[C@@H]2C(=O)N(C3CCCCC3)C(=O)[C@@H]2C1. The Morgan fingerprint density at radius 1 is 1.13 bits per heavy atom. The van der Waals surface area contributed by atoms with Crippen LogP contribution in [-0.2, 0) is 14.3 Å². The molecule has 2 aliphatic carbocycles. The molecule has 0 bridgehead atoms. The standard InChI is InChI=1S/C31H43NO6/c1-18(12-21-13-19(2)29(35)20(3)14-21)10-11-26(34)27-22(17-38-4)15-24-28(25(27)16-33)31(37)32(30(24)36)23-8-6-5-7-9-23/h12-14,23-26,28,33-35H,5-11,15-17H2,1-4H3/b18-12+/t24-,25+,26-,28-/m1/s1. The minimum Gasteiger partial charge on any atom is -0.507 e. The van der Waals surface area contributed by atoms with Gasteiger partial charge < -0.3 is 20.1 Å². The summed E-state index contributed by atoms with van der Waals surface area (Å²) >= 11 is 0. The van der Waals surface area contributed by atoms with Gasteiger partial charge in [0, 0.05) is 19.1 Å². The lowest BCUT2D eigenvalue weighted by molar-refractivity contribution is -0.143. The third kappa shape index (κ3) is 5.61. The van der Waals surface area contributed by atoms with Gasteiger partial charge in [-0.2, -0.15) is 0 Å². The Hall–Kier alpha value is -2.48. The van der Waals surface area contributed by atoms with Gasteiger partial charge in [-0.3, -0.25) is 14.5 Å². The number of imide groups is 1. The maximum atomic E-state index is 13.6. The van der Waals surface area contributed by atoms with Crippen molar-refractivity contribution in [3.63, 3.8) is 0 Å². The number of methoxy groups -OCH3 is 1. The zero-order valence-electron chi connectivity index (χ0n) is 23.2. The highest BCUT2D eigenvalue weighted by Crippen LogP contribution is 2.47. The van der Waals surface area contributed by atoms with Gasteiger partial charge >= 0.3 is 0 Å². The van der Waals surface area contributed by atoms with Crippen LogP contribution in [0.3, 0.4) is 0 Å². The predicted octanol–water partition coefficient (Wildman–Crippen LogP) is 4.44. The molecule has 1 aliphatic heterocycles. The van der Waals surface area contributed by atoms with E-state index in [0.29, 0.717) is 30.6 Å². The molecule has 7 heteroatoms. The van der Waals surface area contributed by atoms with Gasteiger partial charge in [0.25, 0.3) is 0 Å². The molecule has 4 rings (SSSR count). The van der Waals surface area contributed by atoms with Crippen LogP contribution in [-0.4, -0.2) is 64.5 Å². The molecule has 1 aromatic rings. The van der Waals surface area contributed by atoms with E-state index in [1.165, 1.54) is 4.90 Å². The van der Waals surface area contributed by atoms with Crippen molar-refractivity contribution < 1.29 is 29.6 Å². The average molecular weight is 526 g/mol. The molecule has 0 spiro atoms. The largest absolute Gasteiger partial charge is 0.507 e. The molecule has 4 atom stereocenters. The van der Waals surface area contributed by atoms with Crippen molar-refractivity contribution in [3.8, 4) is 5.75 Å². The Balaban J connectivity index is 1.54. The highest BCUT2D eigenvalue weighted by Gasteiger charge is 2.56. The number of aromatic hydroxyl groups is 1. The second-order valence-corrected chi connectivity index (χ2v) is 11.5. The number of hydrogen-bond acceptors (Lipinski definition) is 6. The number of phenolic OH excluding ortho intramolecular Hbond substituents is 1. The Kier molecular flexibility index (Phi) is 9.11. The summed E-state index contributed by atoms with van der Waals surface area (Å²) in [6, 6.07) is 3.82. The number of hydrogen-bond donors (Lipinski definition) is 3. The van der Waals surface area contributed by atoms with E-state index in [0.717, 1.165) is 59.9 Å². The number of aryl methyl sites for hydroxylation is 2. The van der Waals surface area contributed by atoms with E-state index in [-0.39, 0.29) is 31.1 Å². The molecular weight excluding hydrogens is 482 g/mol. The van der Waals surface area contributed by atoms with Crippen molar-refractivity contribution in [1.29, 1.82) is 0 Å². The summed E-state index contributed by atoms with van der Waals surface area (Å²) in [4.78, 5) is 28.6. The molecule has 1 heterocycles. The van der Waals surface area contributed by atoms with Crippen LogP contribution in [0.2, 0.25) is 0 Å². The molecule has 38 heavy (non-hydrogen) atoms. The number of amides is 2. The normalized spacial score (nSPS) is 25.8. The molecule has 3 aliphatic rings. The van der Waals surface area contributed by atoms with E-state index in [9.17, 15) is 24.9 Å². The molecule has 1 saturated carbocycles. The quantitative estimate of drug-likeness (QED) is 0.325. The highest BCUT2D eigenvalue weighted by atomic mass is 16.5. The summed E-state index contributed by atoms with van der Waals surface area (Å²) in [6.07, 6.45) is 7.52. The average Bonchev–Trinajstić information content (AvgIpc) is 3.14. The smallest absolute Gasteiger partial charge is 0.234 e. The summed E-state index contributed by atoms with van der Waals surface area (Å²) in [5.41, 5.74) is 5.21. The van der Waals surface area contributed by atoms with Gasteiger partial charge in [-0.25, -0.2) is 0 Å². The Bertz CT molecular complexity index is 1090. The number of fused-ring (bicyclic) bond motifs is 1. The first-order chi connectivity index (χ1) is 18.2. The van der Waals surface area contributed by atoms with Crippen molar-refractivity contribution in [2.75, 3.05) is 20.3 Å². The van der Waals surface area contributed by atoms with E-state index in [2.05, 4.69) is 6.08 Å². The number of benzene rings is 1. The van der Waals surface area contributed by atoms with E-state index in [1.807, 2.05) is 32.9 Å². The lowest BCUT2D eigenvalue weighted by Crippen LogP contribution is -2.42. The fraction of sp³-hybridized carbons (Fsp3) is 0.613. The Labute approximate surface area is 226 Å². The molecular formula is C31H43NO6. The number of carbonyl (C=O) groups excluding carboxylic acids is 2. The monoisotopic (exact) mass is 525 g/mol. The molecule has 3 N–H and O–H groups in total. The maximum absolute atomic E-state index is 13.6. The van der Waals surface area contributed by atoms with Crippen LogP contribution in [0.4, 0.5) is 0 Å². The van der Waals surface area contributed by atoms with Crippen molar-refractivity contribution in [1.82, 2.24) is 4.90 Å². The van der Waals surface area contributed by atoms with Crippen molar-refractivity contribution in [2.45, 2.75) is 84.3 Å². The molecule has 2 fully saturated rings. The minimum atomic E-state index is -0.850. The molecule has 0 radical (unpaired) electrons. The van der Waals surface area contributed by atoms with Crippen LogP contribution in [0, 0.1) is 31.6 Å². The number of nitrogens with zero attached hydrogens (tertiary/aromatic N) is 1. The van der Waals surface area contributed by atoms with E-state index in [1.54, 1.807) is 7.11 Å². The summed E-state index contributed by atoms with van der Waals surface area (Å²) in [7, 11) is 1.58. The molecule has 1 saturated heterocycles. The summed E-state index contributed by atoms with van der Waals surface area (Å²) in [5.74, 6) is -1.71. The van der Waals surface area contributed by atoms with Crippen LogP contribution in [0.1, 0.15) is 75.0 Å². The van der Waals surface area contributed by atoms with Gasteiger partial charge in [-0.15, -0.1) is 0 Å². The summed E-state index contributed by atoms with van der Waals surface area (Å²) < 4.78 is 5.45. The molecule has 208 valence electrons. The molecule has 2 amide bonds. The first-order valence-electron chi connectivity index (χ1n) is 14.0. The number of carbonyl (C=O) groups is 2. The summed E-state index contributed by atoms with van der Waals surface area (Å²) in [5, 5.41) is 31.9. The van der Waals surface area contributed by atoms with Crippen LogP contribution in [0.5, 0.6) is 5.75 Å². The van der Waals surface area contributed by atoms with Crippen molar-refractivity contribution >= 4 is 17.9 Å². The second kappa shape index (κ2) is 12.1. The topological polar surface area (TPSA) is 107 Å². The van der Waals surface area contributed by atoms with Gasteiger partial charge in [0.2, 0.25) is 11.8 Å². The van der Waals surface area contributed by atoms with E-state index < -0.39 is 23.9 Å². The zero-order chi connectivity index (χ0) is 27.6. The molecule has 1 aromatic carbocycles. The summed E-state index contributed by atoms with van der Waals surface area (Å²) in [6.45, 7) is 5.73. The highest BCUT2D eigenvalue weighted by molar-refractivity contribution is 6.06. The van der Waals surface area contributed by atoms with Crippen LogP contribution < -0.4 is 0 Å². The maximum Gasteiger partial charge on any atom is 0.234 e. The number of rotatable bonds is 9. The number of allylic oxidation sites excluding steroid dienone is 1. The Morgan fingerprint density at radius 2 is 1.79 bits per heavy atom. The molecule has 7 nitrogen and oxygen atoms in total. The lowest BCUT2D eigenvalue weighted by atomic mass is 9.68. The van der Waals surface area contributed by atoms with Gasteiger partial charge in [0.05, 0.1) is 31.2 Å². The van der Waals surface area contributed by atoms with Crippen molar-refractivity contribution in [3.05, 3.63) is 45.5 Å². The van der Waals surface area contributed by atoms with Crippen molar-refractivity contribution in [2.24, 2.45) is 17.8 Å². The van der Waals surface area contributed by atoms with Gasteiger partial charge in [0.15, 0.2) is 0 Å². The fourth-order valence-corrected chi connectivity index (χ4v) is 6.94. The second-order valence-electron chi connectivity index (χ2n) is 11.5. The Morgan fingerprint density at radius 3 is 2.39 bits per heavy atom. The third-order valence-corrected chi connectivity index (χ3v) is 8.77. The zero-order valence-corrected chi connectivity index (χ0v) is 23.2. The first kappa shape index (κ1) is 28.5. The van der Waals surface area contributed by atoms with Gasteiger partial charge in [-0.05, 0) is 92.8 Å². The lowest BCUT2D eigenvalue weighted by Gasteiger charge is -2.36. The third-order valence-electron chi connectivity index (χ3n) is 8.77. The van der Waals surface area contributed by atoms with Gasteiger partial charge in [0.1, 0.15) is 5.75 Å².